The Kier molecular flexibility index (Phi) is 9.22. The summed E-state index contributed by atoms with van der Waals surface area (Å²) >= 11 is 0. The molecule has 44 heavy (non-hydrogen) atoms. The summed E-state index contributed by atoms with van der Waals surface area (Å²) in [4.78, 5) is 38.6. The van der Waals surface area contributed by atoms with E-state index in [4.69, 9.17) is 14.2 Å². The fourth-order valence-electron chi connectivity index (χ4n) is 5.34. The standard InChI is InChI=1S/C13H15NO2.C11H14N2O.C10H12N2O2/c1-7-5-10(16-4)13-12(9(7)3)8(2)6-11(15)14-13;1-6-5-9(14-4)11-10(7(6)2)12-8(3)13-11;1-5-4-7(14-3)9-8(6(5)2)11-10(13)12-9/h5-6H,1-4H3,(H,14,15);5H,1-4H3,(H,12,13);4H,1-3H3,(H2,11,12,13). The van der Waals surface area contributed by atoms with Crippen molar-refractivity contribution in [1.82, 2.24) is 24.9 Å². The molecule has 10 heteroatoms. The van der Waals surface area contributed by atoms with Gasteiger partial charge in [-0.1, -0.05) is 0 Å². The highest BCUT2D eigenvalue weighted by atomic mass is 16.5. The second kappa shape index (κ2) is 12.7. The first-order valence-electron chi connectivity index (χ1n) is 14.3. The van der Waals surface area contributed by atoms with E-state index < -0.39 is 0 Å². The van der Waals surface area contributed by atoms with E-state index in [2.05, 4.69) is 45.7 Å². The summed E-state index contributed by atoms with van der Waals surface area (Å²) in [6.07, 6.45) is 0. The van der Waals surface area contributed by atoms with Crippen LogP contribution in [0, 0.1) is 55.4 Å². The zero-order valence-electron chi connectivity index (χ0n) is 27.3. The molecule has 0 unspecified atom stereocenters. The lowest BCUT2D eigenvalue weighted by Gasteiger charge is -2.12. The van der Waals surface area contributed by atoms with Crippen LogP contribution in [0.5, 0.6) is 17.2 Å². The summed E-state index contributed by atoms with van der Waals surface area (Å²) in [5.74, 6) is 3.20. The molecule has 6 aromatic rings. The molecule has 0 atom stereocenters. The van der Waals surface area contributed by atoms with Gasteiger partial charge in [-0.05, 0) is 113 Å². The first-order chi connectivity index (χ1) is 20.8. The van der Waals surface area contributed by atoms with Crippen LogP contribution in [0.1, 0.15) is 44.8 Å². The zero-order valence-corrected chi connectivity index (χ0v) is 27.3. The highest BCUT2D eigenvalue weighted by Gasteiger charge is 2.12. The Morgan fingerprint density at radius 1 is 0.523 bits per heavy atom. The second-order valence-corrected chi connectivity index (χ2v) is 11.0. The quantitative estimate of drug-likeness (QED) is 0.185. The maximum absolute atomic E-state index is 11.5. The van der Waals surface area contributed by atoms with Crippen molar-refractivity contribution < 1.29 is 14.2 Å². The van der Waals surface area contributed by atoms with Gasteiger partial charge >= 0.3 is 5.69 Å². The molecule has 0 fully saturated rings. The number of imidazole rings is 2. The molecule has 6 rings (SSSR count). The minimum absolute atomic E-state index is 0.0912. The van der Waals surface area contributed by atoms with E-state index in [-0.39, 0.29) is 11.2 Å². The smallest absolute Gasteiger partial charge is 0.323 e. The molecule has 0 amide bonds. The van der Waals surface area contributed by atoms with Gasteiger partial charge in [0.1, 0.15) is 34.1 Å². The minimum atomic E-state index is -0.202. The van der Waals surface area contributed by atoms with Gasteiger partial charge in [-0.25, -0.2) is 9.78 Å². The lowest BCUT2D eigenvalue weighted by molar-refractivity contribution is 0.418. The first kappa shape index (κ1) is 31.9. The number of nitrogens with zero attached hydrogens (tertiary/aromatic N) is 1. The van der Waals surface area contributed by atoms with Crippen LogP contribution in [0.15, 0.2) is 33.9 Å². The third-order valence-electron chi connectivity index (χ3n) is 8.11. The fraction of sp³-hybridized carbons (Fsp3) is 0.324. The molecule has 3 aromatic heterocycles. The van der Waals surface area contributed by atoms with E-state index in [1.54, 1.807) is 27.4 Å². The fourth-order valence-corrected chi connectivity index (χ4v) is 5.34. The number of rotatable bonds is 3. The van der Waals surface area contributed by atoms with Crippen LogP contribution in [0.25, 0.3) is 33.0 Å². The minimum Gasteiger partial charge on any atom is -0.495 e. The molecule has 10 nitrogen and oxygen atoms in total. The molecule has 3 aromatic carbocycles. The summed E-state index contributed by atoms with van der Waals surface area (Å²) in [7, 11) is 4.89. The number of aromatic nitrogens is 5. The van der Waals surface area contributed by atoms with Crippen molar-refractivity contribution in [3.8, 4) is 17.2 Å². The maximum atomic E-state index is 11.5. The van der Waals surface area contributed by atoms with Crippen molar-refractivity contribution in [2.24, 2.45) is 0 Å². The van der Waals surface area contributed by atoms with Gasteiger partial charge < -0.3 is 34.1 Å². The average Bonchev–Trinajstić information content (AvgIpc) is 3.57. The van der Waals surface area contributed by atoms with Crippen LogP contribution in [-0.4, -0.2) is 46.2 Å². The third-order valence-corrected chi connectivity index (χ3v) is 8.11. The number of aromatic amines is 4. The number of fused-ring (bicyclic) bond motifs is 3. The van der Waals surface area contributed by atoms with Crippen LogP contribution in [-0.2, 0) is 0 Å². The number of methoxy groups -OCH3 is 3. The Bertz CT molecular complexity index is 2110. The van der Waals surface area contributed by atoms with Crippen molar-refractivity contribution in [3.63, 3.8) is 0 Å². The number of pyridine rings is 1. The van der Waals surface area contributed by atoms with Gasteiger partial charge in [-0.3, -0.25) is 4.79 Å². The van der Waals surface area contributed by atoms with Gasteiger partial charge in [0, 0.05) is 11.5 Å². The van der Waals surface area contributed by atoms with E-state index >= 15 is 0 Å². The Morgan fingerprint density at radius 3 is 1.61 bits per heavy atom. The van der Waals surface area contributed by atoms with Crippen LogP contribution in [0.3, 0.4) is 0 Å². The number of H-pyrrole nitrogens is 4. The predicted octanol–water partition coefficient (Wildman–Crippen LogP) is 6.44. The van der Waals surface area contributed by atoms with Crippen LogP contribution in [0.2, 0.25) is 0 Å². The molecule has 0 bridgehead atoms. The van der Waals surface area contributed by atoms with Crippen molar-refractivity contribution in [3.05, 3.63) is 89.9 Å². The average molecular weight is 600 g/mol. The molecule has 232 valence electrons. The van der Waals surface area contributed by atoms with Crippen LogP contribution >= 0.6 is 0 Å². The van der Waals surface area contributed by atoms with E-state index in [1.165, 1.54) is 22.3 Å². The molecule has 0 saturated heterocycles. The molecule has 0 aliphatic rings. The zero-order chi connectivity index (χ0) is 32.5. The van der Waals surface area contributed by atoms with Crippen molar-refractivity contribution in [2.45, 2.75) is 55.4 Å². The van der Waals surface area contributed by atoms with Gasteiger partial charge in [0.05, 0.1) is 37.9 Å². The monoisotopic (exact) mass is 599 g/mol. The van der Waals surface area contributed by atoms with Crippen LogP contribution < -0.4 is 25.5 Å². The molecule has 3 heterocycles. The van der Waals surface area contributed by atoms with Crippen LogP contribution in [0.4, 0.5) is 0 Å². The van der Waals surface area contributed by atoms with Gasteiger partial charge in [0.2, 0.25) is 5.56 Å². The van der Waals surface area contributed by atoms with Crippen molar-refractivity contribution in [2.75, 3.05) is 21.3 Å². The van der Waals surface area contributed by atoms with E-state index in [0.29, 0.717) is 5.75 Å². The number of benzene rings is 3. The molecule has 0 saturated carbocycles. The molecule has 4 N–H and O–H groups in total. The molecule has 0 spiro atoms. The molecule has 0 radical (unpaired) electrons. The van der Waals surface area contributed by atoms with E-state index in [9.17, 15) is 9.59 Å². The molecule has 0 aliphatic carbocycles. The largest absolute Gasteiger partial charge is 0.495 e. The number of ether oxygens (including phenoxy) is 3. The SMILES string of the molecule is COc1cc(C)c(C)c2[nH]c(=O)[nH]c12.COc1cc(C)c(C)c2c(C)cc(=O)[nH]c12.COc1cc(C)c(C)c2nc(C)[nH]c12. The summed E-state index contributed by atoms with van der Waals surface area (Å²) in [5.41, 5.74) is 12.0. The Balaban J connectivity index is 0.000000151. The Morgan fingerprint density at radius 2 is 1.02 bits per heavy atom. The van der Waals surface area contributed by atoms with Gasteiger partial charge in [0.25, 0.3) is 0 Å². The number of hydrogen-bond acceptors (Lipinski definition) is 6. The maximum Gasteiger partial charge on any atom is 0.323 e. The number of aryl methyl sites for hydroxylation is 8. The predicted molar refractivity (Wildman–Crippen MR) is 177 cm³/mol. The summed E-state index contributed by atoms with van der Waals surface area (Å²) < 4.78 is 15.8. The highest BCUT2D eigenvalue weighted by Crippen LogP contribution is 2.31. The third kappa shape index (κ3) is 6.06. The Hall–Kier alpha value is -4.99. The number of hydrogen-bond donors (Lipinski definition) is 4. The molecular weight excluding hydrogens is 558 g/mol. The second-order valence-electron chi connectivity index (χ2n) is 11.0. The van der Waals surface area contributed by atoms with Crippen molar-refractivity contribution >= 4 is 33.0 Å². The van der Waals surface area contributed by atoms with Gasteiger partial charge in [-0.15, -0.1) is 0 Å². The summed E-state index contributed by atoms with van der Waals surface area (Å²) in [6, 6.07) is 7.53. The molecular formula is C34H41N5O5. The van der Waals surface area contributed by atoms with E-state index in [1.807, 2.05) is 52.8 Å². The first-order valence-corrected chi connectivity index (χ1v) is 14.3. The topological polar surface area (TPSA) is 138 Å². The van der Waals surface area contributed by atoms with E-state index in [0.717, 1.165) is 67.0 Å². The lowest BCUT2D eigenvalue weighted by Crippen LogP contribution is -2.07. The molecule has 0 aliphatic heterocycles. The van der Waals surface area contributed by atoms with Gasteiger partial charge in [-0.2, -0.15) is 0 Å². The summed E-state index contributed by atoms with van der Waals surface area (Å²) in [5, 5.41) is 1.08. The van der Waals surface area contributed by atoms with Crippen molar-refractivity contribution in [1.29, 1.82) is 0 Å². The normalized spacial score (nSPS) is 10.8. The van der Waals surface area contributed by atoms with Gasteiger partial charge in [0.15, 0.2) is 0 Å². The Labute approximate surface area is 255 Å². The lowest BCUT2D eigenvalue weighted by atomic mass is 10.00. The highest BCUT2D eigenvalue weighted by molar-refractivity contribution is 5.91. The number of nitrogens with one attached hydrogen (secondary N) is 4. The summed E-state index contributed by atoms with van der Waals surface area (Å²) in [6.45, 7) is 16.1.